The zero-order valence-electron chi connectivity index (χ0n) is 14.7. The Balaban J connectivity index is 1.66. The van der Waals surface area contributed by atoms with Gasteiger partial charge in [0.25, 0.3) is 0 Å². The van der Waals surface area contributed by atoms with Gasteiger partial charge in [0.15, 0.2) is 0 Å². The molecular weight excluding hydrogens is 326 g/mol. The van der Waals surface area contributed by atoms with Gasteiger partial charge < -0.3 is 0 Å². The highest BCUT2D eigenvalue weighted by Gasteiger charge is 2.62. The Labute approximate surface area is 151 Å². The van der Waals surface area contributed by atoms with Gasteiger partial charge in [0.2, 0.25) is 11.8 Å². The van der Waals surface area contributed by atoms with Gasteiger partial charge in [0, 0.05) is 12.3 Å². The molecule has 2 bridgehead atoms. The van der Waals surface area contributed by atoms with Gasteiger partial charge in [-0.05, 0) is 48.2 Å². The first kappa shape index (κ1) is 15.5. The van der Waals surface area contributed by atoms with Crippen molar-refractivity contribution in [1.29, 1.82) is 0 Å². The predicted octanol–water partition coefficient (Wildman–Crippen LogP) is 3.26. The molecule has 2 fully saturated rings. The van der Waals surface area contributed by atoms with E-state index in [4.69, 9.17) is 0 Å². The van der Waals surface area contributed by atoms with E-state index >= 15 is 0 Å². The number of carbonyl (C=O) groups is 3. The number of carbonyl (C=O) groups excluding carboxylic acids is 3. The summed E-state index contributed by atoms with van der Waals surface area (Å²) in [5, 5.41) is 0. The SMILES string of the molecule is Cc1cc(C)cc(N2C(=O)C3C4CC(=O)C(c5ccccc54)C3C2=O)c1. The molecular formula is C22H19NO3. The van der Waals surface area contributed by atoms with Crippen LogP contribution in [0, 0.1) is 25.7 Å². The van der Waals surface area contributed by atoms with E-state index < -0.39 is 17.8 Å². The Hall–Kier alpha value is -2.75. The molecule has 2 aromatic carbocycles. The lowest BCUT2D eigenvalue weighted by Crippen LogP contribution is -2.44. The number of imide groups is 1. The van der Waals surface area contributed by atoms with Crippen molar-refractivity contribution in [2.24, 2.45) is 11.8 Å². The number of rotatable bonds is 1. The quantitative estimate of drug-likeness (QED) is 0.746. The molecule has 4 aliphatic rings. The number of nitrogens with zero attached hydrogens (tertiary/aromatic N) is 1. The number of Topliss-reactive ketones (excluding diaryl/α,β-unsaturated/α-hetero) is 1. The van der Waals surface area contributed by atoms with Gasteiger partial charge in [0.05, 0.1) is 23.4 Å². The Morgan fingerprint density at radius 3 is 2.15 bits per heavy atom. The van der Waals surface area contributed by atoms with Crippen molar-refractivity contribution in [3.8, 4) is 0 Å². The lowest BCUT2D eigenvalue weighted by molar-refractivity contribution is -0.134. The second-order valence-corrected chi connectivity index (χ2v) is 7.79. The van der Waals surface area contributed by atoms with Gasteiger partial charge in [-0.1, -0.05) is 30.3 Å². The van der Waals surface area contributed by atoms with Crippen LogP contribution in [0.4, 0.5) is 5.69 Å². The molecule has 1 heterocycles. The van der Waals surface area contributed by atoms with Crippen molar-refractivity contribution < 1.29 is 14.4 Å². The largest absolute Gasteiger partial charge is 0.299 e. The Bertz CT molecular complexity index is 972. The van der Waals surface area contributed by atoms with E-state index in [-0.39, 0.29) is 23.5 Å². The number of anilines is 1. The minimum Gasteiger partial charge on any atom is -0.299 e. The van der Waals surface area contributed by atoms with Crippen molar-refractivity contribution in [1.82, 2.24) is 0 Å². The summed E-state index contributed by atoms with van der Waals surface area (Å²) in [5.41, 5.74) is 4.67. The molecule has 4 nitrogen and oxygen atoms in total. The number of hydrogen-bond acceptors (Lipinski definition) is 3. The number of aryl methyl sites for hydroxylation is 2. The molecule has 4 heteroatoms. The second-order valence-electron chi connectivity index (χ2n) is 7.79. The second kappa shape index (κ2) is 5.13. The molecule has 130 valence electrons. The van der Waals surface area contributed by atoms with Crippen LogP contribution in [0.2, 0.25) is 0 Å². The van der Waals surface area contributed by atoms with Crippen molar-refractivity contribution in [3.05, 3.63) is 64.7 Å². The van der Waals surface area contributed by atoms with Gasteiger partial charge in [-0.3, -0.25) is 14.4 Å². The summed E-state index contributed by atoms with van der Waals surface area (Å²) in [6, 6.07) is 13.6. The zero-order chi connectivity index (χ0) is 18.2. The van der Waals surface area contributed by atoms with Crippen molar-refractivity contribution in [2.75, 3.05) is 4.90 Å². The van der Waals surface area contributed by atoms with Gasteiger partial charge in [0.1, 0.15) is 5.78 Å². The van der Waals surface area contributed by atoms with Crippen LogP contribution in [-0.2, 0) is 14.4 Å². The number of benzene rings is 2. The Morgan fingerprint density at radius 1 is 0.846 bits per heavy atom. The number of ketones is 1. The maximum Gasteiger partial charge on any atom is 0.238 e. The van der Waals surface area contributed by atoms with Gasteiger partial charge in [-0.2, -0.15) is 0 Å². The molecule has 2 amide bonds. The average molecular weight is 345 g/mol. The van der Waals surface area contributed by atoms with Crippen molar-refractivity contribution in [2.45, 2.75) is 32.1 Å². The first-order valence-electron chi connectivity index (χ1n) is 9.05. The van der Waals surface area contributed by atoms with Crippen LogP contribution in [-0.4, -0.2) is 17.6 Å². The fourth-order valence-electron chi connectivity index (χ4n) is 5.29. The standard InChI is InChI=1S/C22H19NO3/c1-11-7-12(2)9-13(8-11)23-21(25)19-16-10-17(24)18(20(19)22(23)26)15-6-4-3-5-14(15)16/h3-9,16,18-20H,10H2,1-2H3. The van der Waals surface area contributed by atoms with Gasteiger partial charge in [-0.25, -0.2) is 4.90 Å². The smallest absolute Gasteiger partial charge is 0.238 e. The lowest BCUT2D eigenvalue weighted by atomic mass is 9.56. The summed E-state index contributed by atoms with van der Waals surface area (Å²) < 4.78 is 0. The highest BCUT2D eigenvalue weighted by atomic mass is 16.2. The molecule has 0 radical (unpaired) electrons. The molecule has 1 saturated heterocycles. The predicted molar refractivity (Wildman–Crippen MR) is 96.9 cm³/mol. The van der Waals surface area contributed by atoms with Crippen molar-refractivity contribution in [3.63, 3.8) is 0 Å². The lowest BCUT2D eigenvalue weighted by Gasteiger charge is -2.43. The van der Waals surface area contributed by atoms with Crippen LogP contribution in [0.25, 0.3) is 0 Å². The summed E-state index contributed by atoms with van der Waals surface area (Å²) in [4.78, 5) is 40.6. The number of hydrogen-bond donors (Lipinski definition) is 0. The molecule has 4 atom stereocenters. The van der Waals surface area contributed by atoms with E-state index in [0.717, 1.165) is 22.3 Å². The maximum absolute atomic E-state index is 13.3. The molecule has 3 aliphatic carbocycles. The van der Waals surface area contributed by atoms with Crippen LogP contribution in [0.5, 0.6) is 0 Å². The minimum absolute atomic E-state index is 0.0957. The summed E-state index contributed by atoms with van der Waals surface area (Å²) in [7, 11) is 0. The number of fused-ring (bicyclic) bond motifs is 1. The molecule has 1 saturated carbocycles. The molecule has 2 aromatic rings. The molecule has 0 aromatic heterocycles. The molecule has 0 spiro atoms. The summed E-state index contributed by atoms with van der Waals surface area (Å²) in [6.45, 7) is 3.91. The third kappa shape index (κ3) is 1.87. The summed E-state index contributed by atoms with van der Waals surface area (Å²) >= 11 is 0. The van der Waals surface area contributed by atoms with E-state index in [9.17, 15) is 14.4 Å². The van der Waals surface area contributed by atoms with Gasteiger partial charge in [-0.15, -0.1) is 0 Å². The van der Waals surface area contributed by atoms with Crippen LogP contribution in [0.15, 0.2) is 42.5 Å². The molecule has 0 N–H and O–H groups in total. The molecule has 6 rings (SSSR count). The van der Waals surface area contributed by atoms with Crippen LogP contribution in [0.3, 0.4) is 0 Å². The van der Waals surface area contributed by atoms with Crippen LogP contribution >= 0.6 is 0 Å². The first-order chi connectivity index (χ1) is 12.5. The topological polar surface area (TPSA) is 54.5 Å². The molecule has 4 unspecified atom stereocenters. The maximum atomic E-state index is 13.3. The zero-order valence-corrected chi connectivity index (χ0v) is 14.7. The van der Waals surface area contributed by atoms with Crippen molar-refractivity contribution >= 4 is 23.3 Å². The third-order valence-electron chi connectivity index (χ3n) is 6.15. The summed E-state index contributed by atoms with van der Waals surface area (Å²) in [5.74, 6) is -1.90. The summed E-state index contributed by atoms with van der Waals surface area (Å²) in [6.07, 6.45) is 0.364. The first-order valence-corrected chi connectivity index (χ1v) is 9.05. The molecule has 1 aliphatic heterocycles. The van der Waals surface area contributed by atoms with E-state index in [1.807, 2.05) is 56.3 Å². The molecule has 26 heavy (non-hydrogen) atoms. The van der Waals surface area contributed by atoms with E-state index in [1.165, 1.54) is 4.90 Å². The average Bonchev–Trinajstić information content (AvgIpc) is 2.86. The van der Waals surface area contributed by atoms with Crippen LogP contribution in [0.1, 0.15) is 40.5 Å². The fraction of sp³-hybridized carbons (Fsp3) is 0.318. The third-order valence-corrected chi connectivity index (χ3v) is 6.15. The van der Waals surface area contributed by atoms with E-state index in [1.54, 1.807) is 0 Å². The highest BCUT2D eigenvalue weighted by molar-refractivity contribution is 6.24. The normalized spacial score (nSPS) is 29.2. The fourth-order valence-corrected chi connectivity index (χ4v) is 5.29. The van der Waals surface area contributed by atoms with E-state index in [0.29, 0.717) is 12.1 Å². The highest BCUT2D eigenvalue weighted by Crippen LogP contribution is 2.57. The Kier molecular flexibility index (Phi) is 3.06. The van der Waals surface area contributed by atoms with Crippen LogP contribution < -0.4 is 4.90 Å². The minimum atomic E-state index is -0.551. The number of amides is 2. The van der Waals surface area contributed by atoms with Gasteiger partial charge >= 0.3 is 0 Å². The van der Waals surface area contributed by atoms with E-state index in [2.05, 4.69) is 0 Å². The monoisotopic (exact) mass is 345 g/mol. The Morgan fingerprint density at radius 2 is 1.46 bits per heavy atom.